The fourth-order valence-corrected chi connectivity index (χ4v) is 4.55. The highest BCUT2D eigenvalue weighted by molar-refractivity contribution is 5.94. The lowest BCUT2D eigenvalue weighted by Gasteiger charge is -2.17. The molecule has 2 atom stereocenters. The first-order valence-corrected chi connectivity index (χ1v) is 11.9. The number of carbonyl (C=O) groups is 1. The molecule has 1 amide bonds. The van der Waals surface area contributed by atoms with Crippen molar-refractivity contribution in [1.82, 2.24) is 9.97 Å². The molecule has 1 saturated heterocycles. The molecule has 0 bridgehead atoms. The van der Waals surface area contributed by atoms with Crippen LogP contribution in [0.3, 0.4) is 0 Å². The number of carbonyl (C=O) groups excluding carboxylic acids is 1. The number of nitrogens with two attached hydrogens (primary N) is 1. The number of ether oxygens (including phenoxy) is 3. The van der Waals surface area contributed by atoms with Crippen LogP contribution in [-0.4, -0.2) is 42.3 Å². The van der Waals surface area contributed by atoms with Gasteiger partial charge in [0.2, 0.25) is 5.91 Å². The van der Waals surface area contributed by atoms with Crippen molar-refractivity contribution >= 4 is 16.8 Å². The zero-order chi connectivity index (χ0) is 26.9. The van der Waals surface area contributed by atoms with Crippen LogP contribution in [0.15, 0.2) is 67.0 Å². The maximum atomic E-state index is 13.0. The van der Waals surface area contributed by atoms with E-state index in [1.54, 1.807) is 37.4 Å². The van der Waals surface area contributed by atoms with E-state index in [1.807, 2.05) is 6.07 Å². The first-order valence-electron chi connectivity index (χ1n) is 11.9. The monoisotopic (exact) mass is 523 g/mol. The number of benzene rings is 3. The molecule has 10 heteroatoms. The van der Waals surface area contributed by atoms with Gasteiger partial charge in [0.05, 0.1) is 43.0 Å². The Morgan fingerprint density at radius 2 is 1.71 bits per heavy atom. The van der Waals surface area contributed by atoms with Gasteiger partial charge in [-0.2, -0.15) is 13.2 Å². The highest BCUT2D eigenvalue weighted by Crippen LogP contribution is 2.37. The Morgan fingerprint density at radius 3 is 2.29 bits per heavy atom. The maximum Gasteiger partial charge on any atom is 0.416 e. The number of rotatable bonds is 7. The van der Waals surface area contributed by atoms with Gasteiger partial charge in [0.15, 0.2) is 11.5 Å². The number of amides is 1. The Hall–Kier alpha value is -4.18. The van der Waals surface area contributed by atoms with Gasteiger partial charge < -0.3 is 19.9 Å². The van der Waals surface area contributed by atoms with Gasteiger partial charge in [-0.15, -0.1) is 0 Å². The molecule has 2 N–H and O–H groups in total. The van der Waals surface area contributed by atoms with E-state index in [0.29, 0.717) is 47.1 Å². The summed E-state index contributed by atoms with van der Waals surface area (Å²) in [5.74, 6) is -0.481. The second-order valence-corrected chi connectivity index (χ2v) is 8.92. The normalized spacial score (nSPS) is 16.4. The molecular weight excluding hydrogens is 499 g/mol. The van der Waals surface area contributed by atoms with Gasteiger partial charge in [0.25, 0.3) is 0 Å². The van der Waals surface area contributed by atoms with Crippen molar-refractivity contribution in [3.8, 4) is 22.8 Å². The number of fused-ring (bicyclic) bond motifs is 1. The number of alkyl halides is 3. The number of methoxy groups -OCH3 is 1. The SMILES string of the molecule is COc1cc2ncnc(-c3ccc(C(C(N)=O)c4ccc(C(F)(F)F)cc4)cc3)c2cc1OC1CCOC1. The minimum atomic E-state index is -4.47. The van der Waals surface area contributed by atoms with Crippen molar-refractivity contribution in [2.24, 2.45) is 5.73 Å². The van der Waals surface area contributed by atoms with Crippen molar-refractivity contribution < 1.29 is 32.2 Å². The van der Waals surface area contributed by atoms with Gasteiger partial charge in [0, 0.05) is 23.4 Å². The third kappa shape index (κ3) is 5.12. The van der Waals surface area contributed by atoms with Crippen LogP contribution < -0.4 is 15.2 Å². The predicted octanol–water partition coefficient (Wildman–Crippen LogP) is 5.11. The zero-order valence-electron chi connectivity index (χ0n) is 20.4. The lowest BCUT2D eigenvalue weighted by Crippen LogP contribution is -2.22. The van der Waals surface area contributed by atoms with Gasteiger partial charge in [-0.1, -0.05) is 36.4 Å². The van der Waals surface area contributed by atoms with Crippen molar-refractivity contribution in [2.45, 2.75) is 24.6 Å². The minimum absolute atomic E-state index is 0.0790. The molecule has 4 aromatic rings. The first-order chi connectivity index (χ1) is 18.2. The minimum Gasteiger partial charge on any atom is -0.493 e. The molecule has 1 aliphatic rings. The van der Waals surface area contributed by atoms with E-state index >= 15 is 0 Å². The number of hydrogen-bond donors (Lipinski definition) is 1. The molecule has 7 nitrogen and oxygen atoms in total. The van der Waals surface area contributed by atoms with Crippen molar-refractivity contribution in [2.75, 3.05) is 20.3 Å². The maximum absolute atomic E-state index is 13.0. The second kappa shape index (κ2) is 10.3. The van der Waals surface area contributed by atoms with Crippen molar-refractivity contribution in [3.63, 3.8) is 0 Å². The molecule has 0 aliphatic carbocycles. The van der Waals surface area contributed by atoms with Crippen LogP contribution in [0.5, 0.6) is 11.5 Å². The highest BCUT2D eigenvalue weighted by Gasteiger charge is 2.31. The van der Waals surface area contributed by atoms with E-state index in [4.69, 9.17) is 19.9 Å². The number of aromatic nitrogens is 2. The molecule has 2 unspecified atom stereocenters. The summed E-state index contributed by atoms with van der Waals surface area (Å²) in [6.45, 7) is 1.14. The molecule has 5 rings (SSSR count). The standard InChI is InChI=1S/C28H24F3N3O4/c1-36-23-13-22-21(12-24(23)38-20-10-11-37-14-20)26(34-15-33-22)18-4-2-16(3-5-18)25(27(32)35)17-6-8-19(9-7-17)28(29,30)31/h2-9,12-13,15,20,25H,10-11,14H2,1H3,(H2,32,35). The summed E-state index contributed by atoms with van der Waals surface area (Å²) in [5, 5.41) is 0.740. The largest absolute Gasteiger partial charge is 0.493 e. The van der Waals surface area contributed by atoms with Gasteiger partial charge >= 0.3 is 6.18 Å². The molecule has 1 fully saturated rings. The van der Waals surface area contributed by atoms with Crippen LogP contribution in [0, 0.1) is 0 Å². The fraction of sp³-hybridized carbons (Fsp3) is 0.250. The Morgan fingerprint density at radius 1 is 1.03 bits per heavy atom. The Balaban J connectivity index is 1.49. The van der Waals surface area contributed by atoms with E-state index in [9.17, 15) is 18.0 Å². The van der Waals surface area contributed by atoms with E-state index in [0.717, 1.165) is 29.5 Å². The summed E-state index contributed by atoms with van der Waals surface area (Å²) in [6, 6.07) is 15.1. The number of nitrogens with zero attached hydrogens (tertiary/aromatic N) is 2. The van der Waals surface area contributed by atoms with Gasteiger partial charge in [-0.3, -0.25) is 4.79 Å². The third-order valence-electron chi connectivity index (χ3n) is 6.48. The average molecular weight is 524 g/mol. The van der Waals surface area contributed by atoms with Crippen molar-refractivity contribution in [1.29, 1.82) is 0 Å². The van der Waals surface area contributed by atoms with Crippen LogP contribution in [-0.2, 0) is 15.7 Å². The lowest BCUT2D eigenvalue weighted by molar-refractivity contribution is -0.137. The molecule has 196 valence electrons. The number of halogens is 3. The van der Waals surface area contributed by atoms with E-state index in [1.165, 1.54) is 18.5 Å². The quantitative estimate of drug-likeness (QED) is 0.362. The molecule has 1 aliphatic heterocycles. The number of hydrogen-bond acceptors (Lipinski definition) is 6. The molecule has 0 saturated carbocycles. The molecule has 0 spiro atoms. The van der Waals surface area contributed by atoms with E-state index in [-0.39, 0.29) is 6.10 Å². The zero-order valence-corrected chi connectivity index (χ0v) is 20.4. The smallest absolute Gasteiger partial charge is 0.416 e. The van der Waals surface area contributed by atoms with Gasteiger partial charge in [-0.25, -0.2) is 9.97 Å². The van der Waals surface area contributed by atoms with Crippen molar-refractivity contribution in [3.05, 3.63) is 83.7 Å². The highest BCUT2D eigenvalue weighted by atomic mass is 19.4. The summed E-state index contributed by atoms with van der Waals surface area (Å²) >= 11 is 0. The number of primary amides is 1. The molecular formula is C28H24F3N3O4. The van der Waals surface area contributed by atoms with Crippen LogP contribution in [0.4, 0.5) is 13.2 Å². The first kappa shape index (κ1) is 25.5. The van der Waals surface area contributed by atoms with E-state index in [2.05, 4.69) is 9.97 Å². The van der Waals surface area contributed by atoms with Crippen LogP contribution in [0.25, 0.3) is 22.2 Å². The Bertz CT molecular complexity index is 1450. The predicted molar refractivity (Wildman–Crippen MR) is 134 cm³/mol. The molecule has 1 aromatic heterocycles. The summed E-state index contributed by atoms with van der Waals surface area (Å²) < 4.78 is 55.9. The van der Waals surface area contributed by atoms with Crippen LogP contribution in [0.2, 0.25) is 0 Å². The topological polar surface area (TPSA) is 96.6 Å². The van der Waals surface area contributed by atoms with Crippen LogP contribution in [0.1, 0.15) is 29.0 Å². The van der Waals surface area contributed by atoms with Gasteiger partial charge in [0.1, 0.15) is 12.4 Å². The Kier molecular flexibility index (Phi) is 6.90. The molecule has 2 heterocycles. The molecule has 38 heavy (non-hydrogen) atoms. The summed E-state index contributed by atoms with van der Waals surface area (Å²) in [7, 11) is 1.56. The second-order valence-electron chi connectivity index (χ2n) is 8.92. The third-order valence-corrected chi connectivity index (χ3v) is 6.48. The Labute approximate surface area is 216 Å². The lowest BCUT2D eigenvalue weighted by atomic mass is 9.89. The van der Waals surface area contributed by atoms with Gasteiger partial charge in [-0.05, 0) is 29.3 Å². The fourth-order valence-electron chi connectivity index (χ4n) is 4.55. The summed E-state index contributed by atoms with van der Waals surface area (Å²) in [4.78, 5) is 21.1. The molecule has 3 aromatic carbocycles. The van der Waals surface area contributed by atoms with Crippen LogP contribution >= 0.6 is 0 Å². The summed E-state index contributed by atoms with van der Waals surface area (Å²) in [6.07, 6.45) is -2.32. The molecule has 0 radical (unpaired) electrons. The summed E-state index contributed by atoms with van der Waals surface area (Å²) in [5.41, 5.74) is 7.81. The van der Waals surface area contributed by atoms with E-state index < -0.39 is 23.6 Å². The average Bonchev–Trinajstić information content (AvgIpc) is 3.41.